The minimum absolute atomic E-state index is 0.285. The minimum Gasteiger partial charge on any atom is -0.379 e. The van der Waals surface area contributed by atoms with Crippen LogP contribution in [-0.4, -0.2) is 52.7 Å². The number of rotatable bonds is 10. The van der Waals surface area contributed by atoms with Crippen LogP contribution in [0.2, 0.25) is 0 Å². The summed E-state index contributed by atoms with van der Waals surface area (Å²) < 4.78 is 32.4. The number of nitrogens with zero attached hydrogens (tertiary/aromatic N) is 1. The van der Waals surface area contributed by atoms with Gasteiger partial charge < -0.3 is 9.64 Å². The average molecular weight is 328 g/mol. The molecule has 126 valence electrons. The molecule has 0 fully saturated rings. The van der Waals surface area contributed by atoms with E-state index in [1.807, 2.05) is 19.9 Å². The standard InChI is InChI=1S/C16H28N2O3S/c1-5-18(6-2)10-12-21-11-9-17-22(19,20)16-8-7-14(3)15(4)13-16/h7-8,13,17H,5-6,9-12H2,1-4H3. The third-order valence-electron chi connectivity index (χ3n) is 3.77. The fraction of sp³-hybridized carbons (Fsp3) is 0.625. The molecule has 0 amide bonds. The van der Waals surface area contributed by atoms with Crippen LogP contribution in [0, 0.1) is 13.8 Å². The largest absolute Gasteiger partial charge is 0.379 e. The topological polar surface area (TPSA) is 58.6 Å². The number of benzene rings is 1. The van der Waals surface area contributed by atoms with Gasteiger partial charge in [0.25, 0.3) is 0 Å². The molecule has 0 aromatic heterocycles. The molecule has 0 aliphatic carbocycles. The maximum Gasteiger partial charge on any atom is 0.240 e. The van der Waals surface area contributed by atoms with Gasteiger partial charge in [0.1, 0.15) is 0 Å². The molecular formula is C16H28N2O3S. The second-order valence-corrected chi connectivity index (χ2v) is 7.05. The Morgan fingerprint density at radius 3 is 2.36 bits per heavy atom. The van der Waals surface area contributed by atoms with Gasteiger partial charge in [0.05, 0.1) is 18.1 Å². The molecule has 1 N–H and O–H groups in total. The van der Waals surface area contributed by atoms with E-state index in [2.05, 4.69) is 23.5 Å². The molecule has 22 heavy (non-hydrogen) atoms. The normalized spacial score (nSPS) is 12.0. The molecule has 0 spiro atoms. The van der Waals surface area contributed by atoms with Crippen LogP contribution in [0.5, 0.6) is 0 Å². The quantitative estimate of drug-likeness (QED) is 0.667. The maximum atomic E-state index is 12.2. The van der Waals surface area contributed by atoms with Crippen molar-refractivity contribution in [1.82, 2.24) is 9.62 Å². The smallest absolute Gasteiger partial charge is 0.240 e. The Morgan fingerprint density at radius 2 is 1.77 bits per heavy atom. The molecule has 0 aliphatic heterocycles. The second kappa shape index (κ2) is 9.25. The molecule has 5 nitrogen and oxygen atoms in total. The van der Waals surface area contributed by atoms with E-state index in [0.717, 1.165) is 30.8 Å². The lowest BCUT2D eigenvalue weighted by atomic mass is 10.1. The zero-order valence-electron chi connectivity index (χ0n) is 14.1. The lowest BCUT2D eigenvalue weighted by Gasteiger charge is -2.17. The molecule has 0 heterocycles. The van der Waals surface area contributed by atoms with Crippen LogP contribution in [0.25, 0.3) is 0 Å². The molecule has 1 aromatic rings. The summed E-state index contributed by atoms with van der Waals surface area (Å²) in [6.07, 6.45) is 0. The molecule has 6 heteroatoms. The molecule has 0 bridgehead atoms. The molecule has 1 aromatic carbocycles. The molecule has 0 radical (unpaired) electrons. The first kappa shape index (κ1) is 19.1. The zero-order valence-corrected chi connectivity index (χ0v) is 14.9. The van der Waals surface area contributed by atoms with Crippen molar-refractivity contribution in [2.75, 3.05) is 39.4 Å². The van der Waals surface area contributed by atoms with Gasteiger partial charge in [0, 0.05) is 13.1 Å². The Kier molecular flexibility index (Phi) is 8.03. The Balaban J connectivity index is 2.36. The van der Waals surface area contributed by atoms with Crippen molar-refractivity contribution in [3.63, 3.8) is 0 Å². The summed E-state index contributed by atoms with van der Waals surface area (Å²) in [7, 11) is -3.45. The SMILES string of the molecule is CCN(CC)CCOCCNS(=O)(=O)c1ccc(C)c(C)c1. The van der Waals surface area contributed by atoms with E-state index < -0.39 is 10.0 Å². The molecule has 0 saturated heterocycles. The van der Waals surface area contributed by atoms with E-state index in [1.54, 1.807) is 12.1 Å². The number of likely N-dealkylation sites (N-methyl/N-ethyl adjacent to an activating group) is 1. The van der Waals surface area contributed by atoms with Crippen molar-refractivity contribution in [3.8, 4) is 0 Å². The highest BCUT2D eigenvalue weighted by Gasteiger charge is 2.13. The van der Waals surface area contributed by atoms with Crippen molar-refractivity contribution >= 4 is 10.0 Å². The first-order valence-corrected chi connectivity index (χ1v) is 9.26. The highest BCUT2D eigenvalue weighted by molar-refractivity contribution is 7.89. The number of nitrogens with one attached hydrogen (secondary N) is 1. The Hall–Kier alpha value is -0.950. The van der Waals surface area contributed by atoms with Crippen molar-refractivity contribution in [3.05, 3.63) is 29.3 Å². The summed E-state index contributed by atoms with van der Waals surface area (Å²) in [5.41, 5.74) is 2.05. The summed E-state index contributed by atoms with van der Waals surface area (Å²) >= 11 is 0. The maximum absolute atomic E-state index is 12.2. The van der Waals surface area contributed by atoms with E-state index in [9.17, 15) is 8.42 Å². The lowest BCUT2D eigenvalue weighted by Crippen LogP contribution is -2.30. The van der Waals surface area contributed by atoms with Crippen LogP contribution in [-0.2, 0) is 14.8 Å². The Morgan fingerprint density at radius 1 is 1.09 bits per heavy atom. The number of sulfonamides is 1. The molecule has 0 atom stereocenters. The van der Waals surface area contributed by atoms with Crippen LogP contribution in [0.15, 0.2) is 23.1 Å². The van der Waals surface area contributed by atoms with E-state index in [-0.39, 0.29) is 6.54 Å². The molecule has 0 aliphatic rings. The first-order valence-electron chi connectivity index (χ1n) is 7.77. The van der Waals surface area contributed by atoms with Gasteiger partial charge in [-0.25, -0.2) is 13.1 Å². The molecule has 1 rings (SSSR count). The fourth-order valence-electron chi connectivity index (χ4n) is 2.05. The second-order valence-electron chi connectivity index (χ2n) is 5.28. The van der Waals surface area contributed by atoms with E-state index in [1.165, 1.54) is 0 Å². The van der Waals surface area contributed by atoms with Gasteiger partial charge in [-0.3, -0.25) is 0 Å². The molecule has 0 saturated carbocycles. The van der Waals surface area contributed by atoms with Gasteiger partial charge in [-0.2, -0.15) is 0 Å². The van der Waals surface area contributed by atoms with Crippen LogP contribution in [0.1, 0.15) is 25.0 Å². The van der Waals surface area contributed by atoms with Crippen molar-refractivity contribution in [2.45, 2.75) is 32.6 Å². The average Bonchev–Trinajstić information content (AvgIpc) is 2.49. The van der Waals surface area contributed by atoms with Crippen molar-refractivity contribution < 1.29 is 13.2 Å². The summed E-state index contributed by atoms with van der Waals surface area (Å²) in [4.78, 5) is 2.57. The van der Waals surface area contributed by atoms with Crippen LogP contribution in [0.4, 0.5) is 0 Å². The highest BCUT2D eigenvalue weighted by Crippen LogP contribution is 2.14. The Labute approximate surface area is 134 Å². The van der Waals surface area contributed by atoms with Gasteiger partial charge in [0.15, 0.2) is 0 Å². The third-order valence-corrected chi connectivity index (χ3v) is 5.23. The van der Waals surface area contributed by atoms with Crippen molar-refractivity contribution in [1.29, 1.82) is 0 Å². The monoisotopic (exact) mass is 328 g/mol. The van der Waals surface area contributed by atoms with Gasteiger partial charge >= 0.3 is 0 Å². The van der Waals surface area contributed by atoms with Gasteiger partial charge in [-0.05, 0) is 50.2 Å². The highest BCUT2D eigenvalue weighted by atomic mass is 32.2. The summed E-state index contributed by atoms with van der Waals surface area (Å²) in [6.45, 7) is 12.2. The predicted molar refractivity (Wildman–Crippen MR) is 89.7 cm³/mol. The number of aryl methyl sites for hydroxylation is 2. The first-order chi connectivity index (χ1) is 10.4. The van der Waals surface area contributed by atoms with Crippen LogP contribution < -0.4 is 4.72 Å². The molecular weight excluding hydrogens is 300 g/mol. The van der Waals surface area contributed by atoms with Gasteiger partial charge in [-0.15, -0.1) is 0 Å². The van der Waals surface area contributed by atoms with Gasteiger partial charge in [-0.1, -0.05) is 19.9 Å². The van der Waals surface area contributed by atoms with E-state index >= 15 is 0 Å². The van der Waals surface area contributed by atoms with E-state index in [4.69, 9.17) is 4.74 Å². The number of ether oxygens (including phenoxy) is 1. The minimum atomic E-state index is -3.45. The van der Waals surface area contributed by atoms with Crippen LogP contribution >= 0.6 is 0 Å². The zero-order chi connectivity index (χ0) is 16.6. The van der Waals surface area contributed by atoms with Crippen LogP contribution in [0.3, 0.4) is 0 Å². The summed E-state index contributed by atoms with van der Waals surface area (Å²) in [5, 5.41) is 0. The Bertz CT molecular complexity index is 555. The lowest BCUT2D eigenvalue weighted by molar-refractivity contribution is 0.111. The van der Waals surface area contributed by atoms with Gasteiger partial charge in [0.2, 0.25) is 10.0 Å². The number of hydrogen-bond acceptors (Lipinski definition) is 4. The van der Waals surface area contributed by atoms with E-state index in [0.29, 0.717) is 18.1 Å². The summed E-state index contributed by atoms with van der Waals surface area (Å²) in [6, 6.07) is 5.15. The third kappa shape index (κ3) is 6.04. The summed E-state index contributed by atoms with van der Waals surface area (Å²) in [5.74, 6) is 0. The molecule has 0 unspecified atom stereocenters. The van der Waals surface area contributed by atoms with Crippen molar-refractivity contribution in [2.24, 2.45) is 0 Å². The predicted octanol–water partition coefficient (Wildman–Crippen LogP) is 1.94. The fourth-order valence-corrected chi connectivity index (χ4v) is 3.15. The number of hydrogen-bond donors (Lipinski definition) is 1.